The van der Waals surface area contributed by atoms with E-state index in [1.165, 1.54) is 0 Å². The zero-order valence-electron chi connectivity index (χ0n) is 12.8. The first-order valence-corrected chi connectivity index (χ1v) is 9.12. The van der Waals surface area contributed by atoms with Crippen LogP contribution in [0.4, 0.5) is 5.69 Å². The molecule has 0 bridgehead atoms. The Morgan fingerprint density at radius 1 is 0.880 bits per heavy atom. The molecule has 3 nitrogen and oxygen atoms in total. The van der Waals surface area contributed by atoms with Crippen LogP contribution in [0.5, 0.6) is 5.75 Å². The molecular formula is C19H12Cl2INO2. The molecule has 3 rings (SSSR count). The number of hydrogen-bond acceptors (Lipinski definition) is 2. The third kappa shape index (κ3) is 4.45. The Morgan fingerprint density at radius 2 is 1.52 bits per heavy atom. The minimum absolute atomic E-state index is 0.0467. The van der Waals surface area contributed by atoms with Crippen LogP contribution < -0.4 is 5.32 Å². The highest BCUT2D eigenvalue weighted by Gasteiger charge is 2.11. The van der Waals surface area contributed by atoms with Gasteiger partial charge in [-0.3, -0.25) is 4.79 Å². The maximum Gasteiger partial charge on any atom is 0.259 e. The monoisotopic (exact) mass is 483 g/mol. The van der Waals surface area contributed by atoms with E-state index in [0.717, 1.165) is 14.7 Å². The topological polar surface area (TPSA) is 49.3 Å². The van der Waals surface area contributed by atoms with Gasteiger partial charge in [0.1, 0.15) is 5.75 Å². The fraction of sp³-hybridized carbons (Fsp3) is 0. The molecule has 2 N–H and O–H groups in total. The third-order valence-corrected chi connectivity index (χ3v) is 4.65. The van der Waals surface area contributed by atoms with E-state index >= 15 is 0 Å². The average Bonchev–Trinajstić information content (AvgIpc) is 2.54. The second-order valence-electron chi connectivity index (χ2n) is 5.35. The molecule has 0 radical (unpaired) electrons. The van der Waals surface area contributed by atoms with Crippen LogP contribution >= 0.6 is 45.8 Å². The summed E-state index contributed by atoms with van der Waals surface area (Å²) in [5.41, 5.74) is 2.68. The lowest BCUT2D eigenvalue weighted by Gasteiger charge is -2.09. The molecule has 0 fully saturated rings. The van der Waals surface area contributed by atoms with Crippen molar-refractivity contribution >= 4 is 57.4 Å². The standard InChI is InChI=1S/C19H12Cl2INO2/c20-13-7-12(8-14(21)9-13)11-1-4-16(5-2-11)23-19(25)17-6-3-15(22)10-18(17)24/h1-10,24H,(H,23,25). The van der Waals surface area contributed by atoms with E-state index in [0.29, 0.717) is 15.7 Å². The van der Waals surface area contributed by atoms with Crippen LogP contribution in [0, 0.1) is 3.57 Å². The van der Waals surface area contributed by atoms with E-state index in [-0.39, 0.29) is 17.2 Å². The summed E-state index contributed by atoms with van der Waals surface area (Å²) in [6, 6.07) is 17.5. The quantitative estimate of drug-likeness (QED) is 0.434. The summed E-state index contributed by atoms with van der Waals surface area (Å²) in [5.74, 6) is -0.415. The third-order valence-electron chi connectivity index (χ3n) is 3.54. The van der Waals surface area contributed by atoms with Crippen LogP contribution in [0.1, 0.15) is 10.4 Å². The summed E-state index contributed by atoms with van der Waals surface area (Å²) in [7, 11) is 0. The van der Waals surface area contributed by atoms with Gasteiger partial charge in [-0.25, -0.2) is 0 Å². The number of aromatic hydroxyl groups is 1. The van der Waals surface area contributed by atoms with Gasteiger partial charge in [0.15, 0.2) is 0 Å². The van der Waals surface area contributed by atoms with E-state index in [9.17, 15) is 9.90 Å². The van der Waals surface area contributed by atoms with Crippen molar-refractivity contribution in [3.8, 4) is 16.9 Å². The molecule has 0 saturated carbocycles. The number of rotatable bonds is 3. The molecule has 3 aromatic rings. The molecular weight excluding hydrogens is 472 g/mol. The lowest BCUT2D eigenvalue weighted by atomic mass is 10.1. The molecule has 25 heavy (non-hydrogen) atoms. The van der Waals surface area contributed by atoms with Crippen LogP contribution in [-0.4, -0.2) is 11.0 Å². The van der Waals surface area contributed by atoms with Crippen LogP contribution in [-0.2, 0) is 0 Å². The van der Waals surface area contributed by atoms with Gasteiger partial charge in [0.2, 0.25) is 0 Å². The maximum atomic E-state index is 12.3. The van der Waals surface area contributed by atoms with E-state index < -0.39 is 0 Å². The number of hydrogen-bond donors (Lipinski definition) is 2. The number of phenolic OH excluding ortho intramolecular Hbond substituents is 1. The molecule has 0 spiro atoms. The van der Waals surface area contributed by atoms with Crippen LogP contribution in [0.15, 0.2) is 60.7 Å². The number of halogens is 3. The normalized spacial score (nSPS) is 10.5. The Labute approximate surface area is 168 Å². The minimum atomic E-state index is -0.368. The Kier molecular flexibility index (Phi) is 5.51. The molecule has 0 aliphatic rings. The van der Waals surface area contributed by atoms with Crippen LogP contribution in [0.3, 0.4) is 0 Å². The fourth-order valence-electron chi connectivity index (χ4n) is 2.36. The highest BCUT2D eigenvalue weighted by molar-refractivity contribution is 14.1. The lowest BCUT2D eigenvalue weighted by molar-refractivity contribution is 0.102. The summed E-state index contributed by atoms with van der Waals surface area (Å²) >= 11 is 14.1. The van der Waals surface area contributed by atoms with Crippen molar-refractivity contribution in [1.29, 1.82) is 0 Å². The van der Waals surface area contributed by atoms with Gasteiger partial charge in [0, 0.05) is 19.3 Å². The molecule has 0 atom stereocenters. The number of benzene rings is 3. The molecule has 0 unspecified atom stereocenters. The van der Waals surface area contributed by atoms with Gasteiger partial charge in [0.05, 0.1) is 5.56 Å². The first-order chi connectivity index (χ1) is 11.9. The van der Waals surface area contributed by atoms with Gasteiger partial charge in [-0.05, 0) is 82.2 Å². The number of amides is 1. The molecule has 0 aliphatic carbocycles. The van der Waals surface area contributed by atoms with Gasteiger partial charge in [-0.15, -0.1) is 0 Å². The molecule has 6 heteroatoms. The number of carbonyl (C=O) groups excluding carboxylic acids is 1. The van der Waals surface area contributed by atoms with Crippen molar-refractivity contribution in [3.05, 3.63) is 79.8 Å². The summed E-state index contributed by atoms with van der Waals surface area (Å²) in [4.78, 5) is 12.3. The average molecular weight is 484 g/mol. The zero-order chi connectivity index (χ0) is 18.0. The summed E-state index contributed by atoms with van der Waals surface area (Å²) in [5, 5.41) is 13.8. The smallest absolute Gasteiger partial charge is 0.259 e. The highest BCUT2D eigenvalue weighted by atomic mass is 127. The SMILES string of the molecule is O=C(Nc1ccc(-c2cc(Cl)cc(Cl)c2)cc1)c1ccc(I)cc1O. The van der Waals surface area contributed by atoms with Crippen molar-refractivity contribution in [2.45, 2.75) is 0 Å². The lowest BCUT2D eigenvalue weighted by Crippen LogP contribution is -2.12. The van der Waals surface area contributed by atoms with Crippen molar-refractivity contribution in [1.82, 2.24) is 0 Å². The van der Waals surface area contributed by atoms with Crippen molar-refractivity contribution < 1.29 is 9.90 Å². The first-order valence-electron chi connectivity index (χ1n) is 7.29. The predicted octanol–water partition coefficient (Wildman–Crippen LogP) is 6.22. The number of anilines is 1. The largest absolute Gasteiger partial charge is 0.507 e. The number of phenols is 1. The highest BCUT2D eigenvalue weighted by Crippen LogP contribution is 2.28. The Bertz CT molecular complexity index is 922. The number of carbonyl (C=O) groups is 1. The molecule has 0 aromatic heterocycles. The Balaban J connectivity index is 1.79. The molecule has 0 heterocycles. The van der Waals surface area contributed by atoms with E-state index in [2.05, 4.69) is 27.9 Å². The number of nitrogens with one attached hydrogen (secondary N) is 1. The van der Waals surface area contributed by atoms with Gasteiger partial charge in [-0.1, -0.05) is 35.3 Å². The van der Waals surface area contributed by atoms with Crippen LogP contribution in [0.2, 0.25) is 10.0 Å². The molecule has 3 aromatic carbocycles. The maximum absolute atomic E-state index is 12.3. The predicted molar refractivity (Wildman–Crippen MR) is 111 cm³/mol. The van der Waals surface area contributed by atoms with E-state index in [1.54, 1.807) is 36.4 Å². The van der Waals surface area contributed by atoms with Gasteiger partial charge >= 0.3 is 0 Å². The van der Waals surface area contributed by atoms with E-state index in [1.807, 2.05) is 24.3 Å². The van der Waals surface area contributed by atoms with Gasteiger partial charge in [-0.2, -0.15) is 0 Å². The van der Waals surface area contributed by atoms with E-state index in [4.69, 9.17) is 23.2 Å². The van der Waals surface area contributed by atoms with Crippen molar-refractivity contribution in [3.63, 3.8) is 0 Å². The Morgan fingerprint density at radius 3 is 2.12 bits per heavy atom. The molecule has 0 saturated heterocycles. The van der Waals surface area contributed by atoms with Crippen LogP contribution in [0.25, 0.3) is 11.1 Å². The zero-order valence-corrected chi connectivity index (χ0v) is 16.4. The summed E-state index contributed by atoms with van der Waals surface area (Å²) in [6.45, 7) is 0. The second-order valence-corrected chi connectivity index (χ2v) is 7.47. The first kappa shape index (κ1) is 18.0. The Hall–Kier alpha value is -1.76. The van der Waals surface area contributed by atoms with Gasteiger partial charge < -0.3 is 10.4 Å². The molecule has 0 aliphatic heterocycles. The minimum Gasteiger partial charge on any atom is -0.507 e. The van der Waals surface area contributed by atoms with Crippen molar-refractivity contribution in [2.75, 3.05) is 5.32 Å². The molecule has 126 valence electrons. The summed E-state index contributed by atoms with van der Waals surface area (Å²) in [6.07, 6.45) is 0. The second kappa shape index (κ2) is 7.64. The summed E-state index contributed by atoms with van der Waals surface area (Å²) < 4.78 is 0.858. The fourth-order valence-corrected chi connectivity index (χ4v) is 3.36. The van der Waals surface area contributed by atoms with Gasteiger partial charge in [0.25, 0.3) is 5.91 Å². The molecule has 1 amide bonds. The van der Waals surface area contributed by atoms with Crippen molar-refractivity contribution in [2.24, 2.45) is 0 Å².